The smallest absolute Gasteiger partial charge is 0.264 e. The number of aryl methyl sites for hydroxylation is 2. The Kier molecular flexibility index (Phi) is 6.76. The second kappa shape index (κ2) is 8.81. The van der Waals surface area contributed by atoms with Crippen molar-refractivity contribution in [2.75, 3.05) is 0 Å². The fourth-order valence-corrected chi connectivity index (χ4v) is 3.51. The minimum Gasteiger partial charge on any atom is -0.268 e. The van der Waals surface area contributed by atoms with E-state index >= 15 is 0 Å². The maximum absolute atomic E-state index is 12.3. The van der Waals surface area contributed by atoms with Crippen molar-refractivity contribution in [2.24, 2.45) is 0 Å². The van der Waals surface area contributed by atoms with Crippen LogP contribution in [-0.4, -0.2) is 14.3 Å². The molecule has 134 valence electrons. The molecule has 0 unspecified atom stereocenters. The number of sulfonamides is 1. The summed E-state index contributed by atoms with van der Waals surface area (Å²) in [7, 11) is -3.85. The molecule has 1 amide bonds. The summed E-state index contributed by atoms with van der Waals surface area (Å²) in [5, 5.41) is 0. The minimum absolute atomic E-state index is 0.0824. The summed E-state index contributed by atoms with van der Waals surface area (Å²) in [6.45, 7) is 4.05. The monoisotopic (exact) mass is 359 g/mol. The Bertz CT molecular complexity index is 794. The van der Waals surface area contributed by atoms with Crippen LogP contribution in [-0.2, 0) is 16.4 Å². The maximum atomic E-state index is 12.3. The van der Waals surface area contributed by atoms with E-state index in [0.717, 1.165) is 24.0 Å². The van der Waals surface area contributed by atoms with Gasteiger partial charge in [0.1, 0.15) is 0 Å². The van der Waals surface area contributed by atoms with Gasteiger partial charge in [-0.15, -0.1) is 0 Å². The molecule has 2 rings (SSSR count). The minimum atomic E-state index is -3.85. The quantitative estimate of drug-likeness (QED) is 0.717. The van der Waals surface area contributed by atoms with E-state index in [2.05, 4.69) is 11.6 Å². The van der Waals surface area contributed by atoms with Crippen molar-refractivity contribution in [3.63, 3.8) is 0 Å². The molecule has 0 radical (unpaired) electrons. The number of unbranched alkanes of at least 4 members (excludes halogenated alkanes) is 3. The van der Waals surface area contributed by atoms with Crippen molar-refractivity contribution >= 4 is 15.9 Å². The third-order valence-electron chi connectivity index (χ3n) is 4.09. The van der Waals surface area contributed by atoms with E-state index in [1.165, 1.54) is 31.4 Å². The summed E-state index contributed by atoms with van der Waals surface area (Å²) in [6.07, 6.45) is 5.74. The third kappa shape index (κ3) is 5.71. The van der Waals surface area contributed by atoms with E-state index in [1.807, 2.05) is 19.1 Å². The first-order valence-electron chi connectivity index (χ1n) is 8.65. The van der Waals surface area contributed by atoms with Gasteiger partial charge in [-0.25, -0.2) is 13.1 Å². The zero-order valence-electron chi connectivity index (χ0n) is 14.8. The van der Waals surface area contributed by atoms with Gasteiger partial charge in [0.25, 0.3) is 15.9 Å². The third-order valence-corrected chi connectivity index (χ3v) is 5.44. The number of amides is 1. The lowest BCUT2D eigenvalue weighted by molar-refractivity contribution is 0.0981. The van der Waals surface area contributed by atoms with Gasteiger partial charge in [-0.1, -0.05) is 56.0 Å². The highest BCUT2D eigenvalue weighted by Crippen LogP contribution is 2.13. The molecule has 0 aromatic heterocycles. The van der Waals surface area contributed by atoms with Gasteiger partial charge in [0.15, 0.2) is 0 Å². The predicted molar refractivity (Wildman–Crippen MR) is 100 cm³/mol. The van der Waals surface area contributed by atoms with Crippen LogP contribution in [0.1, 0.15) is 54.1 Å². The van der Waals surface area contributed by atoms with Crippen LogP contribution in [0.3, 0.4) is 0 Å². The molecule has 0 saturated heterocycles. The molecule has 5 heteroatoms. The Labute approximate surface area is 150 Å². The molecule has 1 N–H and O–H groups in total. The lowest BCUT2D eigenvalue weighted by Crippen LogP contribution is -2.30. The lowest BCUT2D eigenvalue weighted by atomic mass is 10.0. The predicted octanol–water partition coefficient (Wildman–Crippen LogP) is 4.24. The van der Waals surface area contributed by atoms with Crippen LogP contribution < -0.4 is 4.72 Å². The highest BCUT2D eigenvalue weighted by Gasteiger charge is 2.18. The van der Waals surface area contributed by atoms with Crippen LogP contribution in [0.4, 0.5) is 0 Å². The molecule has 0 fully saturated rings. The van der Waals surface area contributed by atoms with Crippen molar-refractivity contribution < 1.29 is 13.2 Å². The number of hydrogen-bond acceptors (Lipinski definition) is 3. The summed E-state index contributed by atoms with van der Waals surface area (Å²) in [4.78, 5) is 12.3. The Balaban J connectivity index is 1.99. The van der Waals surface area contributed by atoms with Gasteiger partial charge in [-0.2, -0.15) is 0 Å². The van der Waals surface area contributed by atoms with Gasteiger partial charge in [-0.3, -0.25) is 4.79 Å². The molecule has 0 spiro atoms. The molecular weight excluding hydrogens is 334 g/mol. The number of benzene rings is 2. The zero-order chi connectivity index (χ0) is 18.3. The molecule has 0 saturated carbocycles. The largest absolute Gasteiger partial charge is 0.268 e. The fourth-order valence-electron chi connectivity index (χ4n) is 2.54. The summed E-state index contributed by atoms with van der Waals surface area (Å²) < 4.78 is 26.7. The van der Waals surface area contributed by atoms with Gasteiger partial charge < -0.3 is 0 Å². The zero-order valence-corrected chi connectivity index (χ0v) is 15.6. The van der Waals surface area contributed by atoms with Crippen LogP contribution in [0, 0.1) is 6.92 Å². The van der Waals surface area contributed by atoms with E-state index in [0.29, 0.717) is 5.56 Å². The SMILES string of the molecule is CCCCCCc1ccc(C(=O)NS(=O)(=O)c2ccc(C)cc2)cc1. The molecule has 0 bridgehead atoms. The first-order chi connectivity index (χ1) is 11.9. The number of carbonyl (C=O) groups is 1. The van der Waals surface area contributed by atoms with E-state index in [1.54, 1.807) is 24.3 Å². The van der Waals surface area contributed by atoms with Crippen LogP contribution in [0.2, 0.25) is 0 Å². The molecule has 4 nitrogen and oxygen atoms in total. The first kappa shape index (κ1) is 19.2. The number of nitrogens with one attached hydrogen (secondary N) is 1. The van der Waals surface area contributed by atoms with E-state index in [4.69, 9.17) is 0 Å². The molecule has 0 aliphatic rings. The van der Waals surface area contributed by atoms with Gasteiger partial charge in [-0.05, 0) is 49.6 Å². The molecule has 2 aromatic rings. The van der Waals surface area contributed by atoms with Gasteiger partial charge in [0.05, 0.1) is 4.90 Å². The molecule has 0 aliphatic heterocycles. The Hall–Kier alpha value is -2.14. The lowest BCUT2D eigenvalue weighted by Gasteiger charge is -2.08. The van der Waals surface area contributed by atoms with Crippen LogP contribution in [0.25, 0.3) is 0 Å². The van der Waals surface area contributed by atoms with Crippen LogP contribution in [0.5, 0.6) is 0 Å². The van der Waals surface area contributed by atoms with Gasteiger partial charge in [0, 0.05) is 5.56 Å². The van der Waals surface area contributed by atoms with E-state index in [9.17, 15) is 13.2 Å². The molecule has 2 aromatic carbocycles. The van der Waals surface area contributed by atoms with Crippen molar-refractivity contribution in [3.05, 3.63) is 65.2 Å². The maximum Gasteiger partial charge on any atom is 0.264 e. The highest BCUT2D eigenvalue weighted by molar-refractivity contribution is 7.90. The summed E-state index contributed by atoms with van der Waals surface area (Å²) in [6, 6.07) is 13.5. The van der Waals surface area contributed by atoms with Gasteiger partial charge >= 0.3 is 0 Å². The summed E-state index contributed by atoms with van der Waals surface area (Å²) in [5.74, 6) is -0.613. The Morgan fingerprint density at radius 3 is 2.16 bits per heavy atom. The number of rotatable bonds is 8. The average Bonchev–Trinajstić information content (AvgIpc) is 2.59. The fraction of sp³-hybridized carbons (Fsp3) is 0.350. The van der Waals surface area contributed by atoms with Crippen LogP contribution in [0.15, 0.2) is 53.4 Å². The first-order valence-corrected chi connectivity index (χ1v) is 10.1. The normalized spacial score (nSPS) is 11.3. The number of hydrogen-bond donors (Lipinski definition) is 1. The highest BCUT2D eigenvalue weighted by atomic mass is 32.2. The summed E-state index contributed by atoms with van der Waals surface area (Å²) >= 11 is 0. The number of carbonyl (C=O) groups excluding carboxylic acids is 1. The molecular formula is C20H25NO3S. The van der Waals surface area contributed by atoms with Crippen molar-refractivity contribution in [1.29, 1.82) is 0 Å². The van der Waals surface area contributed by atoms with Crippen molar-refractivity contribution in [3.8, 4) is 0 Å². The van der Waals surface area contributed by atoms with E-state index in [-0.39, 0.29) is 4.90 Å². The average molecular weight is 359 g/mol. The van der Waals surface area contributed by atoms with E-state index < -0.39 is 15.9 Å². The second-order valence-electron chi connectivity index (χ2n) is 6.26. The Morgan fingerprint density at radius 2 is 1.56 bits per heavy atom. The standard InChI is InChI=1S/C20H25NO3S/c1-3-4-5-6-7-17-10-12-18(13-11-17)20(22)21-25(23,24)19-14-8-16(2)9-15-19/h8-15H,3-7H2,1-2H3,(H,21,22). The molecule has 0 heterocycles. The summed E-state index contributed by atoms with van der Waals surface area (Å²) in [5.41, 5.74) is 2.46. The molecule has 0 aliphatic carbocycles. The topological polar surface area (TPSA) is 63.2 Å². The van der Waals surface area contributed by atoms with Crippen molar-refractivity contribution in [2.45, 2.75) is 50.8 Å². The molecule has 25 heavy (non-hydrogen) atoms. The Morgan fingerprint density at radius 1 is 0.920 bits per heavy atom. The molecule has 0 atom stereocenters. The second-order valence-corrected chi connectivity index (χ2v) is 7.94. The van der Waals surface area contributed by atoms with Gasteiger partial charge in [0.2, 0.25) is 0 Å². The van der Waals surface area contributed by atoms with Crippen LogP contribution >= 0.6 is 0 Å². The van der Waals surface area contributed by atoms with Crippen molar-refractivity contribution in [1.82, 2.24) is 4.72 Å².